The maximum atomic E-state index is 12.7. The van der Waals surface area contributed by atoms with Crippen LogP contribution in [0.15, 0.2) is 18.2 Å². The Morgan fingerprint density at radius 3 is 2.95 bits per heavy atom. The lowest BCUT2D eigenvalue weighted by Gasteiger charge is -2.33. The third kappa shape index (κ3) is 3.20. The third-order valence-corrected chi connectivity index (χ3v) is 3.77. The maximum Gasteiger partial charge on any atom is 0.255 e. The van der Waals surface area contributed by atoms with Crippen molar-refractivity contribution in [1.29, 1.82) is 0 Å². The number of rotatable bonds is 1. The average molecular weight is 271 g/mol. The molecule has 1 aliphatic heterocycles. The van der Waals surface area contributed by atoms with Gasteiger partial charge in [0, 0.05) is 18.2 Å². The summed E-state index contributed by atoms with van der Waals surface area (Å²) in [7, 11) is 0. The number of benzene rings is 1. The van der Waals surface area contributed by atoms with E-state index in [-0.39, 0.29) is 18.6 Å². The van der Waals surface area contributed by atoms with Crippen LogP contribution < -0.4 is 0 Å². The van der Waals surface area contributed by atoms with E-state index in [1.807, 2.05) is 30.0 Å². The van der Waals surface area contributed by atoms with Crippen LogP contribution >= 0.6 is 0 Å². The molecule has 106 valence electrons. The van der Waals surface area contributed by atoms with Crippen molar-refractivity contribution in [2.24, 2.45) is 0 Å². The zero-order valence-electron chi connectivity index (χ0n) is 12.1. The predicted molar refractivity (Wildman–Crippen MR) is 79.5 cm³/mol. The molecule has 1 atom stereocenters. The van der Waals surface area contributed by atoms with Crippen molar-refractivity contribution in [2.45, 2.75) is 39.2 Å². The molecule has 1 aliphatic rings. The van der Waals surface area contributed by atoms with E-state index in [9.17, 15) is 4.79 Å². The average Bonchev–Trinajstić information content (AvgIpc) is 2.45. The van der Waals surface area contributed by atoms with Crippen molar-refractivity contribution in [3.63, 3.8) is 0 Å². The SMILES string of the molecule is Cc1ccc(C(=O)N2CCCCC2C)c(C#CCO)c1. The van der Waals surface area contributed by atoms with Crippen molar-refractivity contribution >= 4 is 5.91 Å². The van der Waals surface area contributed by atoms with Gasteiger partial charge in [0.25, 0.3) is 5.91 Å². The Morgan fingerprint density at radius 2 is 2.25 bits per heavy atom. The summed E-state index contributed by atoms with van der Waals surface area (Å²) in [4.78, 5) is 14.6. The summed E-state index contributed by atoms with van der Waals surface area (Å²) in [6.07, 6.45) is 3.32. The molecule has 1 saturated heterocycles. The van der Waals surface area contributed by atoms with Gasteiger partial charge in [0.05, 0.1) is 5.56 Å². The highest BCUT2D eigenvalue weighted by atomic mass is 16.2. The zero-order valence-corrected chi connectivity index (χ0v) is 12.1. The Kier molecular flexibility index (Phi) is 4.81. The van der Waals surface area contributed by atoms with Crippen LogP contribution in [0.1, 0.15) is 47.7 Å². The molecule has 0 saturated carbocycles. The van der Waals surface area contributed by atoms with Gasteiger partial charge in [0.15, 0.2) is 0 Å². The lowest BCUT2D eigenvalue weighted by atomic mass is 9.99. The van der Waals surface area contributed by atoms with Gasteiger partial charge in [0.2, 0.25) is 0 Å². The highest BCUT2D eigenvalue weighted by Crippen LogP contribution is 2.21. The minimum atomic E-state index is -0.193. The Labute approximate surface area is 120 Å². The first-order chi connectivity index (χ1) is 9.63. The van der Waals surface area contributed by atoms with Crippen molar-refractivity contribution in [3.8, 4) is 11.8 Å². The fourth-order valence-corrected chi connectivity index (χ4v) is 2.64. The summed E-state index contributed by atoms with van der Waals surface area (Å²) in [5, 5.41) is 8.85. The Balaban J connectivity index is 2.33. The number of carbonyl (C=O) groups excluding carboxylic acids is 1. The summed E-state index contributed by atoms with van der Waals surface area (Å²) < 4.78 is 0. The highest BCUT2D eigenvalue weighted by Gasteiger charge is 2.25. The van der Waals surface area contributed by atoms with Crippen LogP contribution in [0.2, 0.25) is 0 Å². The number of aryl methyl sites for hydroxylation is 1. The minimum Gasteiger partial charge on any atom is -0.384 e. The van der Waals surface area contributed by atoms with E-state index >= 15 is 0 Å². The largest absolute Gasteiger partial charge is 0.384 e. The number of hydrogen-bond donors (Lipinski definition) is 1. The van der Waals surface area contributed by atoms with Crippen molar-refractivity contribution in [3.05, 3.63) is 34.9 Å². The molecule has 1 fully saturated rings. The number of likely N-dealkylation sites (tertiary alicyclic amines) is 1. The molecule has 0 aromatic heterocycles. The lowest BCUT2D eigenvalue weighted by molar-refractivity contribution is 0.0635. The molecule has 1 unspecified atom stereocenters. The quantitative estimate of drug-likeness (QED) is 0.797. The zero-order chi connectivity index (χ0) is 14.5. The molecule has 0 radical (unpaired) electrons. The van der Waals surface area contributed by atoms with E-state index in [2.05, 4.69) is 18.8 Å². The monoisotopic (exact) mass is 271 g/mol. The molecular formula is C17H21NO2. The molecule has 1 amide bonds. The van der Waals surface area contributed by atoms with Gasteiger partial charge in [-0.25, -0.2) is 0 Å². The van der Waals surface area contributed by atoms with E-state index < -0.39 is 0 Å². The molecule has 3 heteroatoms. The van der Waals surface area contributed by atoms with Crippen molar-refractivity contribution in [2.75, 3.05) is 13.2 Å². The van der Waals surface area contributed by atoms with Crippen LogP contribution in [0.25, 0.3) is 0 Å². The van der Waals surface area contributed by atoms with Crippen LogP contribution in [-0.2, 0) is 0 Å². The number of aliphatic hydroxyl groups is 1. The molecule has 1 N–H and O–H groups in total. The molecule has 0 spiro atoms. The van der Waals surface area contributed by atoms with Gasteiger partial charge >= 0.3 is 0 Å². The predicted octanol–water partition coefficient (Wildman–Crippen LogP) is 2.35. The molecule has 3 nitrogen and oxygen atoms in total. The molecule has 1 aromatic rings. The number of nitrogens with zero attached hydrogens (tertiary/aromatic N) is 1. The second kappa shape index (κ2) is 6.58. The molecule has 0 bridgehead atoms. The molecule has 0 aliphatic carbocycles. The maximum absolute atomic E-state index is 12.7. The Morgan fingerprint density at radius 1 is 1.45 bits per heavy atom. The molecule has 1 aromatic carbocycles. The lowest BCUT2D eigenvalue weighted by Crippen LogP contribution is -2.42. The first-order valence-corrected chi connectivity index (χ1v) is 7.15. The first kappa shape index (κ1) is 14.6. The van der Waals surface area contributed by atoms with E-state index in [1.54, 1.807) is 0 Å². The van der Waals surface area contributed by atoms with E-state index in [0.717, 1.165) is 24.9 Å². The summed E-state index contributed by atoms with van der Waals surface area (Å²) in [5.74, 6) is 5.58. The van der Waals surface area contributed by atoms with E-state index in [1.165, 1.54) is 6.42 Å². The van der Waals surface area contributed by atoms with Crippen molar-refractivity contribution in [1.82, 2.24) is 4.90 Å². The fraction of sp³-hybridized carbons (Fsp3) is 0.471. The first-order valence-electron chi connectivity index (χ1n) is 7.15. The van der Waals surface area contributed by atoms with Crippen LogP contribution in [0.4, 0.5) is 0 Å². The van der Waals surface area contributed by atoms with Crippen LogP contribution in [0.3, 0.4) is 0 Å². The number of hydrogen-bond acceptors (Lipinski definition) is 2. The third-order valence-electron chi connectivity index (χ3n) is 3.77. The highest BCUT2D eigenvalue weighted by molar-refractivity contribution is 5.97. The number of aliphatic hydroxyl groups excluding tert-OH is 1. The smallest absolute Gasteiger partial charge is 0.255 e. The molecule has 1 heterocycles. The fourth-order valence-electron chi connectivity index (χ4n) is 2.64. The van der Waals surface area contributed by atoms with E-state index in [4.69, 9.17) is 5.11 Å². The molecule has 2 rings (SSSR count). The number of amides is 1. The van der Waals surface area contributed by atoms with Gasteiger partial charge in [-0.2, -0.15) is 0 Å². The van der Waals surface area contributed by atoms with Gasteiger partial charge in [-0.3, -0.25) is 4.79 Å². The second-order valence-electron chi connectivity index (χ2n) is 5.35. The van der Waals surface area contributed by atoms with Crippen LogP contribution in [-0.4, -0.2) is 35.1 Å². The minimum absolute atomic E-state index is 0.0550. The summed E-state index contributed by atoms with van der Waals surface area (Å²) in [6.45, 7) is 4.70. The van der Waals surface area contributed by atoms with E-state index in [0.29, 0.717) is 11.1 Å². The van der Waals surface area contributed by atoms with Crippen LogP contribution in [0, 0.1) is 18.8 Å². The molecular weight excluding hydrogens is 250 g/mol. The van der Waals surface area contributed by atoms with Gasteiger partial charge < -0.3 is 10.0 Å². The Hall–Kier alpha value is -1.79. The van der Waals surface area contributed by atoms with Crippen LogP contribution in [0.5, 0.6) is 0 Å². The Bertz CT molecular complexity index is 554. The second-order valence-corrected chi connectivity index (χ2v) is 5.35. The standard InChI is InChI=1S/C17H21NO2/c1-13-8-9-16(15(12-13)7-5-11-19)17(20)18-10-4-3-6-14(18)2/h8-9,12,14,19H,3-4,6,10-11H2,1-2H3. The van der Waals surface area contributed by atoms with Gasteiger partial charge in [0.1, 0.15) is 6.61 Å². The van der Waals surface area contributed by atoms with Gasteiger partial charge in [-0.05, 0) is 50.8 Å². The topological polar surface area (TPSA) is 40.5 Å². The summed E-state index contributed by atoms with van der Waals surface area (Å²) in [6, 6.07) is 5.98. The number of carbonyl (C=O) groups is 1. The number of piperidine rings is 1. The summed E-state index contributed by atoms with van der Waals surface area (Å²) in [5.41, 5.74) is 2.42. The van der Waals surface area contributed by atoms with Gasteiger partial charge in [-0.15, -0.1) is 0 Å². The van der Waals surface area contributed by atoms with Gasteiger partial charge in [-0.1, -0.05) is 17.9 Å². The normalized spacial score (nSPS) is 18.4. The summed E-state index contributed by atoms with van der Waals surface area (Å²) >= 11 is 0. The van der Waals surface area contributed by atoms with Crippen molar-refractivity contribution < 1.29 is 9.90 Å². The molecule has 20 heavy (non-hydrogen) atoms.